The fourth-order valence-corrected chi connectivity index (χ4v) is 1.29. The van der Waals surface area contributed by atoms with E-state index in [4.69, 9.17) is 10.2 Å². The quantitative estimate of drug-likeness (QED) is 0.600. The zero-order valence-corrected chi connectivity index (χ0v) is 9.84. The summed E-state index contributed by atoms with van der Waals surface area (Å²) in [5.41, 5.74) is -0.364. The molecule has 0 aliphatic rings. The minimum absolute atomic E-state index is 0.0823. The molecule has 0 aliphatic heterocycles. The number of hydrogen-bond acceptors (Lipinski definition) is 3. The van der Waals surface area contributed by atoms with Crippen LogP contribution in [-0.4, -0.2) is 34.7 Å². The second-order valence-electron chi connectivity index (χ2n) is 3.53. The summed E-state index contributed by atoms with van der Waals surface area (Å²) in [6, 6.07) is 2.76. The molecule has 0 radical (unpaired) electrons. The van der Waals surface area contributed by atoms with Crippen molar-refractivity contribution in [3.8, 4) is 0 Å². The molecule has 0 spiro atoms. The molecule has 0 saturated heterocycles. The van der Waals surface area contributed by atoms with Crippen LogP contribution in [0, 0.1) is 0 Å². The first-order valence-electron chi connectivity index (χ1n) is 5.21. The SMILES string of the molecule is C=CCNC(=O)Nc1cc(C(=O)O)cc(C(=O)O)c1. The minimum Gasteiger partial charge on any atom is -0.478 e. The number of amides is 2. The highest BCUT2D eigenvalue weighted by Crippen LogP contribution is 2.15. The first-order valence-corrected chi connectivity index (χ1v) is 5.21. The van der Waals surface area contributed by atoms with Crippen LogP contribution >= 0.6 is 0 Å². The average molecular weight is 264 g/mol. The number of carbonyl (C=O) groups excluding carboxylic acids is 1. The lowest BCUT2D eigenvalue weighted by molar-refractivity contribution is 0.0696. The van der Waals surface area contributed by atoms with Crippen LogP contribution in [0.15, 0.2) is 30.9 Å². The molecule has 19 heavy (non-hydrogen) atoms. The normalized spacial score (nSPS) is 9.47. The Hall–Kier alpha value is -2.83. The Kier molecular flexibility index (Phi) is 4.64. The summed E-state index contributed by atoms with van der Waals surface area (Å²) in [6.45, 7) is 3.65. The van der Waals surface area contributed by atoms with E-state index >= 15 is 0 Å². The number of benzene rings is 1. The second kappa shape index (κ2) is 6.20. The van der Waals surface area contributed by atoms with E-state index in [-0.39, 0.29) is 23.4 Å². The smallest absolute Gasteiger partial charge is 0.335 e. The summed E-state index contributed by atoms with van der Waals surface area (Å²) in [5.74, 6) is -2.56. The van der Waals surface area contributed by atoms with E-state index in [1.807, 2.05) is 0 Å². The number of rotatable bonds is 5. The fourth-order valence-electron chi connectivity index (χ4n) is 1.29. The number of anilines is 1. The van der Waals surface area contributed by atoms with Crippen LogP contribution in [0.3, 0.4) is 0 Å². The van der Waals surface area contributed by atoms with Crippen LogP contribution < -0.4 is 10.6 Å². The summed E-state index contributed by atoms with van der Waals surface area (Å²) >= 11 is 0. The van der Waals surface area contributed by atoms with Gasteiger partial charge in [-0.25, -0.2) is 14.4 Å². The van der Waals surface area contributed by atoms with E-state index in [1.54, 1.807) is 0 Å². The van der Waals surface area contributed by atoms with Gasteiger partial charge in [-0.15, -0.1) is 6.58 Å². The Balaban J connectivity index is 2.99. The summed E-state index contributed by atoms with van der Waals surface area (Å²) in [6.07, 6.45) is 1.47. The average Bonchev–Trinajstić information content (AvgIpc) is 2.35. The van der Waals surface area contributed by atoms with E-state index in [0.717, 1.165) is 6.07 Å². The highest BCUT2D eigenvalue weighted by molar-refractivity contribution is 5.98. The van der Waals surface area contributed by atoms with Crippen LogP contribution in [0.4, 0.5) is 10.5 Å². The van der Waals surface area contributed by atoms with Gasteiger partial charge in [0.1, 0.15) is 0 Å². The molecule has 0 heterocycles. The molecule has 1 aromatic carbocycles. The monoisotopic (exact) mass is 264 g/mol. The zero-order chi connectivity index (χ0) is 14.4. The molecule has 7 nitrogen and oxygen atoms in total. The third-order valence-electron chi connectivity index (χ3n) is 2.09. The highest BCUT2D eigenvalue weighted by Gasteiger charge is 2.12. The van der Waals surface area contributed by atoms with Crippen molar-refractivity contribution in [2.75, 3.05) is 11.9 Å². The van der Waals surface area contributed by atoms with Gasteiger partial charge in [0.05, 0.1) is 11.1 Å². The second-order valence-corrected chi connectivity index (χ2v) is 3.53. The first-order chi connectivity index (χ1) is 8.93. The molecule has 0 unspecified atom stereocenters. The van der Waals surface area contributed by atoms with E-state index in [9.17, 15) is 14.4 Å². The largest absolute Gasteiger partial charge is 0.478 e. The number of carboxylic acid groups (broad SMARTS) is 2. The number of aromatic carboxylic acids is 2. The molecule has 1 aromatic rings. The van der Waals surface area contributed by atoms with Crippen molar-refractivity contribution in [1.82, 2.24) is 5.32 Å². The molecule has 0 atom stereocenters. The van der Waals surface area contributed by atoms with E-state index < -0.39 is 18.0 Å². The molecule has 0 saturated carbocycles. The predicted octanol–water partition coefficient (Wildman–Crippen LogP) is 1.39. The Morgan fingerprint density at radius 1 is 1.11 bits per heavy atom. The molecule has 0 aliphatic carbocycles. The van der Waals surface area contributed by atoms with Crippen LogP contribution in [0.25, 0.3) is 0 Å². The molecule has 1 rings (SSSR count). The molecule has 0 bridgehead atoms. The van der Waals surface area contributed by atoms with E-state index in [2.05, 4.69) is 17.2 Å². The van der Waals surface area contributed by atoms with Crippen molar-refractivity contribution < 1.29 is 24.6 Å². The van der Waals surface area contributed by atoms with Crippen LogP contribution in [0.1, 0.15) is 20.7 Å². The van der Waals surface area contributed by atoms with Gasteiger partial charge in [0.25, 0.3) is 0 Å². The third kappa shape index (κ3) is 4.15. The minimum atomic E-state index is -1.28. The Labute approximate surface area is 108 Å². The predicted molar refractivity (Wildman–Crippen MR) is 67.6 cm³/mol. The van der Waals surface area contributed by atoms with Gasteiger partial charge >= 0.3 is 18.0 Å². The number of hydrogen-bond donors (Lipinski definition) is 4. The van der Waals surface area contributed by atoms with E-state index in [1.165, 1.54) is 18.2 Å². The van der Waals surface area contributed by atoms with Gasteiger partial charge in [-0.2, -0.15) is 0 Å². The number of nitrogens with one attached hydrogen (secondary N) is 2. The summed E-state index contributed by atoms with van der Waals surface area (Å²) < 4.78 is 0. The molecule has 2 amide bonds. The van der Waals surface area contributed by atoms with Gasteiger partial charge in [0.2, 0.25) is 0 Å². The van der Waals surface area contributed by atoms with Crippen LogP contribution in [-0.2, 0) is 0 Å². The maximum Gasteiger partial charge on any atom is 0.335 e. The molecule has 7 heteroatoms. The van der Waals surface area contributed by atoms with Crippen molar-refractivity contribution in [3.63, 3.8) is 0 Å². The number of carboxylic acids is 2. The Morgan fingerprint density at radius 2 is 1.63 bits per heavy atom. The standard InChI is InChI=1S/C12H12N2O5/c1-2-3-13-12(19)14-9-5-7(10(15)16)4-8(6-9)11(17)18/h2,4-6H,1,3H2,(H,15,16)(H,17,18)(H2,13,14,19). The van der Waals surface area contributed by atoms with Gasteiger partial charge < -0.3 is 20.8 Å². The van der Waals surface area contributed by atoms with Gasteiger partial charge in [0.15, 0.2) is 0 Å². The first kappa shape index (κ1) is 14.2. The molecule has 100 valence electrons. The van der Waals surface area contributed by atoms with Crippen LogP contribution in [0.5, 0.6) is 0 Å². The van der Waals surface area contributed by atoms with Crippen molar-refractivity contribution in [3.05, 3.63) is 42.0 Å². The Bertz CT molecular complexity index is 507. The maximum atomic E-state index is 11.4. The molecule has 0 aromatic heterocycles. The van der Waals surface area contributed by atoms with Gasteiger partial charge in [0, 0.05) is 12.2 Å². The fraction of sp³-hybridized carbons (Fsp3) is 0.0833. The highest BCUT2D eigenvalue weighted by atomic mass is 16.4. The number of urea groups is 1. The molecular weight excluding hydrogens is 252 g/mol. The van der Waals surface area contributed by atoms with E-state index in [0.29, 0.717) is 0 Å². The summed E-state index contributed by atoms with van der Waals surface area (Å²) in [4.78, 5) is 33.1. The van der Waals surface area contributed by atoms with Gasteiger partial charge in [-0.3, -0.25) is 0 Å². The van der Waals surface area contributed by atoms with Crippen molar-refractivity contribution in [2.45, 2.75) is 0 Å². The summed E-state index contributed by atoms with van der Waals surface area (Å²) in [7, 11) is 0. The molecule has 0 fully saturated rings. The molecular formula is C12H12N2O5. The van der Waals surface area contributed by atoms with Crippen molar-refractivity contribution >= 4 is 23.7 Å². The number of carbonyl (C=O) groups is 3. The topological polar surface area (TPSA) is 116 Å². The lowest BCUT2D eigenvalue weighted by Gasteiger charge is -2.08. The van der Waals surface area contributed by atoms with Crippen LogP contribution in [0.2, 0.25) is 0 Å². The van der Waals surface area contributed by atoms with Gasteiger partial charge in [-0.05, 0) is 18.2 Å². The molecule has 4 N–H and O–H groups in total. The Morgan fingerprint density at radius 3 is 2.05 bits per heavy atom. The van der Waals surface area contributed by atoms with Gasteiger partial charge in [-0.1, -0.05) is 6.08 Å². The maximum absolute atomic E-state index is 11.4. The zero-order valence-electron chi connectivity index (χ0n) is 9.84. The third-order valence-corrected chi connectivity index (χ3v) is 2.09. The lowest BCUT2D eigenvalue weighted by atomic mass is 10.1. The lowest BCUT2D eigenvalue weighted by Crippen LogP contribution is -2.28. The summed E-state index contributed by atoms with van der Waals surface area (Å²) in [5, 5.41) is 22.5. The van der Waals surface area contributed by atoms with Crippen molar-refractivity contribution in [1.29, 1.82) is 0 Å². The van der Waals surface area contributed by atoms with Crippen molar-refractivity contribution in [2.24, 2.45) is 0 Å².